The Morgan fingerprint density at radius 2 is 1.81 bits per heavy atom. The van der Waals surface area contributed by atoms with Crippen molar-refractivity contribution in [1.82, 2.24) is 15.1 Å². The van der Waals surface area contributed by atoms with E-state index in [-0.39, 0.29) is 24.0 Å². The monoisotopic (exact) mass is 500 g/mol. The molecule has 5 nitrogen and oxygen atoms in total. The lowest BCUT2D eigenvalue weighted by molar-refractivity contribution is -0.181. The van der Waals surface area contributed by atoms with Crippen LogP contribution in [-0.4, -0.2) is 74.4 Å². The standard InChI is InChI=1S/C18H27F3N4O.HI/c1-15(18(19,20)21)24-10-12-25(13-11-24)17(22-2)23-9-6-14-26-16-7-4-3-5-8-16;/h3-5,7-8,15H,6,9-14H2,1-2H3,(H,22,23);1H. The first-order chi connectivity index (χ1) is 12.4. The highest BCUT2D eigenvalue weighted by Crippen LogP contribution is 2.25. The molecule has 0 radical (unpaired) electrons. The van der Waals surface area contributed by atoms with Crippen molar-refractivity contribution < 1.29 is 17.9 Å². The second kappa shape index (κ2) is 11.6. The number of hydrogen-bond acceptors (Lipinski definition) is 3. The predicted octanol–water partition coefficient (Wildman–Crippen LogP) is 3.22. The van der Waals surface area contributed by atoms with Gasteiger partial charge in [-0.25, -0.2) is 0 Å². The SMILES string of the molecule is CN=C(NCCCOc1ccccc1)N1CCN(C(C)C(F)(F)F)CC1.I. The van der Waals surface area contributed by atoms with E-state index in [1.54, 1.807) is 7.05 Å². The summed E-state index contributed by atoms with van der Waals surface area (Å²) in [5.74, 6) is 1.57. The van der Waals surface area contributed by atoms with Gasteiger partial charge in [0.1, 0.15) is 11.8 Å². The van der Waals surface area contributed by atoms with Gasteiger partial charge >= 0.3 is 6.18 Å². The average molecular weight is 500 g/mol. The number of benzene rings is 1. The fourth-order valence-corrected chi connectivity index (χ4v) is 2.84. The number of aliphatic imine (C=N–C) groups is 1. The van der Waals surface area contributed by atoms with E-state index < -0.39 is 12.2 Å². The number of para-hydroxylation sites is 1. The summed E-state index contributed by atoms with van der Waals surface area (Å²) in [7, 11) is 1.69. The van der Waals surface area contributed by atoms with E-state index in [0.29, 0.717) is 39.3 Å². The minimum absolute atomic E-state index is 0. The normalized spacial score (nSPS) is 17.2. The number of guanidine groups is 1. The van der Waals surface area contributed by atoms with Crippen molar-refractivity contribution in [2.45, 2.75) is 25.6 Å². The second-order valence-electron chi connectivity index (χ2n) is 6.23. The van der Waals surface area contributed by atoms with Crippen LogP contribution in [-0.2, 0) is 0 Å². The van der Waals surface area contributed by atoms with Gasteiger partial charge in [0, 0.05) is 39.8 Å². The summed E-state index contributed by atoms with van der Waals surface area (Å²) in [6.07, 6.45) is -3.38. The first-order valence-electron chi connectivity index (χ1n) is 8.86. The molecule has 1 N–H and O–H groups in total. The van der Waals surface area contributed by atoms with Crippen molar-refractivity contribution in [3.05, 3.63) is 30.3 Å². The number of piperazine rings is 1. The molecule has 0 spiro atoms. The van der Waals surface area contributed by atoms with Gasteiger partial charge in [0.25, 0.3) is 0 Å². The van der Waals surface area contributed by atoms with E-state index >= 15 is 0 Å². The Hall–Kier alpha value is -1.23. The largest absolute Gasteiger partial charge is 0.494 e. The zero-order valence-electron chi connectivity index (χ0n) is 15.7. The van der Waals surface area contributed by atoms with Crippen LogP contribution in [0.3, 0.4) is 0 Å². The molecule has 1 aromatic rings. The van der Waals surface area contributed by atoms with Crippen LogP contribution in [0, 0.1) is 0 Å². The van der Waals surface area contributed by atoms with E-state index in [9.17, 15) is 13.2 Å². The Morgan fingerprint density at radius 3 is 2.37 bits per heavy atom. The van der Waals surface area contributed by atoms with Gasteiger partial charge in [-0.3, -0.25) is 9.89 Å². The van der Waals surface area contributed by atoms with Gasteiger partial charge < -0.3 is 15.0 Å². The Kier molecular flexibility index (Phi) is 10.2. The summed E-state index contributed by atoms with van der Waals surface area (Å²) in [5.41, 5.74) is 0. The van der Waals surface area contributed by atoms with Crippen molar-refractivity contribution in [3.8, 4) is 5.75 Å². The minimum Gasteiger partial charge on any atom is -0.494 e. The number of rotatable bonds is 6. The third-order valence-corrected chi connectivity index (χ3v) is 4.46. The molecule has 0 aromatic heterocycles. The highest BCUT2D eigenvalue weighted by atomic mass is 127. The first-order valence-corrected chi connectivity index (χ1v) is 8.86. The molecule has 9 heteroatoms. The van der Waals surface area contributed by atoms with Crippen molar-refractivity contribution >= 4 is 29.9 Å². The fraction of sp³-hybridized carbons (Fsp3) is 0.611. The van der Waals surface area contributed by atoms with Crippen LogP contribution in [0.1, 0.15) is 13.3 Å². The van der Waals surface area contributed by atoms with E-state index in [0.717, 1.165) is 18.1 Å². The van der Waals surface area contributed by atoms with Crippen molar-refractivity contribution in [1.29, 1.82) is 0 Å². The molecule has 0 amide bonds. The van der Waals surface area contributed by atoms with Crippen LogP contribution in [0.4, 0.5) is 13.2 Å². The molecular weight excluding hydrogens is 472 g/mol. The number of ether oxygens (including phenoxy) is 1. The second-order valence-corrected chi connectivity index (χ2v) is 6.23. The van der Waals surface area contributed by atoms with E-state index in [2.05, 4.69) is 10.3 Å². The van der Waals surface area contributed by atoms with Crippen LogP contribution < -0.4 is 10.1 Å². The first kappa shape index (κ1) is 23.8. The topological polar surface area (TPSA) is 40.1 Å². The van der Waals surface area contributed by atoms with Gasteiger partial charge in [-0.1, -0.05) is 18.2 Å². The lowest BCUT2D eigenvalue weighted by Gasteiger charge is -2.39. The van der Waals surface area contributed by atoms with Crippen LogP contribution in [0.25, 0.3) is 0 Å². The maximum atomic E-state index is 12.8. The van der Waals surface area contributed by atoms with Gasteiger partial charge in [-0.15, -0.1) is 24.0 Å². The number of halogens is 4. The summed E-state index contributed by atoms with van der Waals surface area (Å²) in [4.78, 5) is 7.70. The molecule has 1 aliphatic rings. The average Bonchev–Trinajstić information content (AvgIpc) is 2.64. The number of alkyl halides is 3. The molecule has 1 saturated heterocycles. The molecule has 2 rings (SSSR count). The third kappa shape index (κ3) is 7.73. The summed E-state index contributed by atoms with van der Waals surface area (Å²) in [6, 6.07) is 8.20. The van der Waals surface area contributed by atoms with Crippen molar-refractivity contribution in [2.24, 2.45) is 4.99 Å². The maximum absolute atomic E-state index is 12.8. The lowest BCUT2D eigenvalue weighted by Crippen LogP contribution is -2.56. The fourth-order valence-electron chi connectivity index (χ4n) is 2.84. The Morgan fingerprint density at radius 1 is 1.19 bits per heavy atom. The number of nitrogens with one attached hydrogen (secondary N) is 1. The lowest BCUT2D eigenvalue weighted by atomic mass is 10.2. The summed E-state index contributed by atoms with van der Waals surface area (Å²) < 4.78 is 44.1. The molecule has 0 bridgehead atoms. The number of nitrogens with zero attached hydrogens (tertiary/aromatic N) is 3. The van der Waals surface area contributed by atoms with Crippen molar-refractivity contribution in [2.75, 3.05) is 46.4 Å². The van der Waals surface area contributed by atoms with Gasteiger partial charge in [0.15, 0.2) is 5.96 Å². The van der Waals surface area contributed by atoms with Gasteiger partial charge in [-0.2, -0.15) is 13.2 Å². The molecule has 1 aromatic carbocycles. The zero-order valence-corrected chi connectivity index (χ0v) is 18.0. The molecular formula is C18H28F3IN4O. The number of hydrogen-bond donors (Lipinski definition) is 1. The van der Waals surface area contributed by atoms with Crippen LogP contribution in [0.15, 0.2) is 35.3 Å². The summed E-state index contributed by atoms with van der Waals surface area (Å²) >= 11 is 0. The van der Waals surface area contributed by atoms with E-state index in [1.165, 1.54) is 11.8 Å². The highest BCUT2D eigenvalue weighted by molar-refractivity contribution is 14.0. The molecule has 154 valence electrons. The van der Waals surface area contributed by atoms with Gasteiger partial charge in [0.05, 0.1) is 6.61 Å². The molecule has 1 aliphatic heterocycles. The van der Waals surface area contributed by atoms with Crippen LogP contribution in [0.2, 0.25) is 0 Å². The van der Waals surface area contributed by atoms with Crippen LogP contribution >= 0.6 is 24.0 Å². The van der Waals surface area contributed by atoms with Crippen LogP contribution in [0.5, 0.6) is 5.75 Å². The predicted molar refractivity (Wildman–Crippen MR) is 112 cm³/mol. The molecule has 0 saturated carbocycles. The molecule has 1 fully saturated rings. The molecule has 1 atom stereocenters. The minimum atomic E-state index is -4.18. The van der Waals surface area contributed by atoms with Gasteiger partial charge in [0.2, 0.25) is 0 Å². The zero-order chi connectivity index (χ0) is 19.0. The van der Waals surface area contributed by atoms with Crippen molar-refractivity contribution in [3.63, 3.8) is 0 Å². The molecule has 0 aliphatic carbocycles. The van der Waals surface area contributed by atoms with E-state index in [4.69, 9.17) is 4.74 Å². The maximum Gasteiger partial charge on any atom is 0.403 e. The Labute approximate surface area is 176 Å². The molecule has 1 unspecified atom stereocenters. The smallest absolute Gasteiger partial charge is 0.403 e. The third-order valence-electron chi connectivity index (χ3n) is 4.46. The Bertz CT molecular complexity index is 563. The van der Waals surface area contributed by atoms with E-state index in [1.807, 2.05) is 35.2 Å². The molecule has 1 heterocycles. The summed E-state index contributed by atoms with van der Waals surface area (Å²) in [5, 5.41) is 3.25. The van der Waals surface area contributed by atoms with Gasteiger partial charge in [-0.05, 0) is 25.5 Å². The quantitative estimate of drug-likeness (QED) is 0.282. The highest BCUT2D eigenvalue weighted by Gasteiger charge is 2.41. The molecule has 27 heavy (non-hydrogen) atoms. The summed E-state index contributed by atoms with van der Waals surface area (Å²) in [6.45, 7) is 4.30. The Balaban J connectivity index is 0.00000364.